The SMILES string of the molecule is C=CCN(CCN1CCOCC1)C(=O)C1N([C@@H](CO)[C@@H](C)CC)C(=O)[C@@H]2[C@H](C(=O)N(CC=C)Cc3ccccc3)[C@@H]3CCC12O3. The lowest BCUT2D eigenvalue weighted by Crippen LogP contribution is -2.60. The first kappa shape index (κ1) is 33.3. The van der Waals surface area contributed by atoms with E-state index in [1.807, 2.05) is 44.2 Å². The summed E-state index contributed by atoms with van der Waals surface area (Å²) in [5, 5.41) is 10.7. The number of amides is 3. The molecule has 7 atom stereocenters. The Morgan fingerprint density at radius 3 is 2.44 bits per heavy atom. The number of carbonyl (C=O) groups excluding carboxylic acids is 3. The highest BCUT2D eigenvalue weighted by atomic mass is 16.5. The molecule has 0 saturated carbocycles. The van der Waals surface area contributed by atoms with Crippen molar-refractivity contribution in [1.29, 1.82) is 0 Å². The third-order valence-electron chi connectivity index (χ3n) is 10.4. The maximum atomic E-state index is 14.7. The molecule has 0 aromatic heterocycles. The number of ether oxygens (including phenoxy) is 2. The van der Waals surface area contributed by atoms with E-state index >= 15 is 0 Å². The highest BCUT2D eigenvalue weighted by Gasteiger charge is 2.75. The molecule has 2 unspecified atom stereocenters. The summed E-state index contributed by atoms with van der Waals surface area (Å²) in [5.74, 6) is -2.21. The molecule has 1 N–H and O–H groups in total. The Hall–Kier alpha value is -3.05. The van der Waals surface area contributed by atoms with Gasteiger partial charge in [-0.1, -0.05) is 62.8 Å². The quantitative estimate of drug-likeness (QED) is 0.300. The fourth-order valence-electron chi connectivity index (χ4n) is 7.93. The van der Waals surface area contributed by atoms with Gasteiger partial charge >= 0.3 is 0 Å². The van der Waals surface area contributed by atoms with E-state index in [0.717, 1.165) is 25.1 Å². The van der Waals surface area contributed by atoms with E-state index in [0.29, 0.717) is 58.8 Å². The fourth-order valence-corrected chi connectivity index (χ4v) is 7.93. The minimum absolute atomic E-state index is 0.0626. The Morgan fingerprint density at radius 1 is 1.11 bits per heavy atom. The summed E-state index contributed by atoms with van der Waals surface area (Å²) in [6.07, 6.45) is 4.78. The van der Waals surface area contributed by atoms with Crippen molar-refractivity contribution in [2.24, 2.45) is 17.8 Å². The smallest absolute Gasteiger partial charge is 0.248 e. The van der Waals surface area contributed by atoms with E-state index in [-0.39, 0.29) is 30.2 Å². The summed E-state index contributed by atoms with van der Waals surface area (Å²) in [5.41, 5.74) is -0.151. The van der Waals surface area contributed by atoms with Crippen molar-refractivity contribution in [2.75, 3.05) is 59.1 Å². The van der Waals surface area contributed by atoms with Crippen LogP contribution in [0.1, 0.15) is 38.7 Å². The van der Waals surface area contributed by atoms with Crippen molar-refractivity contribution in [3.63, 3.8) is 0 Å². The largest absolute Gasteiger partial charge is 0.394 e. The van der Waals surface area contributed by atoms with Crippen LogP contribution in [0.4, 0.5) is 0 Å². The number of carbonyl (C=O) groups is 3. The summed E-state index contributed by atoms with van der Waals surface area (Å²) in [6, 6.07) is 8.25. The first-order chi connectivity index (χ1) is 21.8. The van der Waals surface area contributed by atoms with Crippen LogP contribution in [0.15, 0.2) is 55.6 Å². The maximum absolute atomic E-state index is 14.7. The minimum atomic E-state index is -1.13. The molecule has 45 heavy (non-hydrogen) atoms. The van der Waals surface area contributed by atoms with Gasteiger partial charge in [0, 0.05) is 45.8 Å². The lowest BCUT2D eigenvalue weighted by molar-refractivity contribution is -0.153. The first-order valence-electron chi connectivity index (χ1n) is 16.5. The Morgan fingerprint density at radius 2 is 1.80 bits per heavy atom. The summed E-state index contributed by atoms with van der Waals surface area (Å²) in [6.45, 7) is 16.6. The Kier molecular flexibility index (Phi) is 10.8. The lowest BCUT2D eigenvalue weighted by Gasteiger charge is -2.41. The molecule has 4 aliphatic rings. The fraction of sp³-hybridized carbons (Fsp3) is 0.629. The zero-order chi connectivity index (χ0) is 32.1. The molecular weight excluding hydrogens is 572 g/mol. The molecule has 1 spiro atoms. The van der Waals surface area contributed by atoms with Crippen LogP contribution in [-0.4, -0.2) is 125 Å². The molecule has 1 aromatic carbocycles. The number of likely N-dealkylation sites (tertiary alicyclic amines) is 1. The topological polar surface area (TPSA) is 103 Å². The lowest BCUT2D eigenvalue weighted by atomic mass is 9.70. The minimum Gasteiger partial charge on any atom is -0.394 e. The van der Waals surface area contributed by atoms with Gasteiger partial charge in [-0.3, -0.25) is 19.3 Å². The summed E-state index contributed by atoms with van der Waals surface area (Å²) < 4.78 is 12.2. The van der Waals surface area contributed by atoms with Gasteiger partial charge in [0.15, 0.2) is 0 Å². The van der Waals surface area contributed by atoms with Crippen molar-refractivity contribution in [1.82, 2.24) is 19.6 Å². The van der Waals surface area contributed by atoms with Crippen molar-refractivity contribution in [3.8, 4) is 0 Å². The first-order valence-corrected chi connectivity index (χ1v) is 16.5. The average molecular weight is 623 g/mol. The van der Waals surface area contributed by atoms with Gasteiger partial charge in [-0.15, -0.1) is 13.2 Å². The van der Waals surface area contributed by atoms with Crippen LogP contribution in [-0.2, 0) is 30.4 Å². The molecule has 246 valence electrons. The Labute approximate surface area is 267 Å². The Balaban J connectivity index is 1.49. The van der Waals surface area contributed by atoms with Gasteiger partial charge in [-0.05, 0) is 24.3 Å². The standard InChI is InChI=1S/C35H50N4O6/c1-5-15-37(18-17-36-19-21-44-22-20-36)34(43)31-35-14-13-28(45-35)29(30(35)33(42)39(31)27(24-40)25(4)7-3)32(41)38(16-6-2)23-26-11-9-8-10-12-26/h5-6,8-12,25,27-31,40H,1-2,7,13-24H2,3-4H3/t25-,27-,28-,29+,30-,31?,35?/m0/s1. The summed E-state index contributed by atoms with van der Waals surface area (Å²) >= 11 is 0. The number of benzene rings is 1. The number of aliphatic hydroxyl groups is 1. The average Bonchev–Trinajstić information content (AvgIpc) is 3.71. The molecule has 2 bridgehead atoms. The van der Waals surface area contributed by atoms with Gasteiger partial charge in [0.1, 0.15) is 11.6 Å². The number of aliphatic hydroxyl groups excluding tert-OH is 1. The molecule has 4 fully saturated rings. The number of nitrogens with zero attached hydrogens (tertiary/aromatic N) is 4. The third kappa shape index (κ3) is 6.35. The van der Waals surface area contributed by atoms with Gasteiger partial charge in [-0.2, -0.15) is 0 Å². The molecule has 10 heteroatoms. The van der Waals surface area contributed by atoms with Crippen molar-refractivity contribution in [2.45, 2.75) is 63.4 Å². The molecule has 0 radical (unpaired) electrons. The molecule has 4 saturated heterocycles. The van der Waals surface area contributed by atoms with Crippen LogP contribution in [0.2, 0.25) is 0 Å². The van der Waals surface area contributed by atoms with E-state index in [2.05, 4.69) is 18.1 Å². The van der Waals surface area contributed by atoms with E-state index in [1.54, 1.807) is 26.9 Å². The van der Waals surface area contributed by atoms with Crippen molar-refractivity contribution < 1.29 is 29.0 Å². The molecule has 4 heterocycles. The van der Waals surface area contributed by atoms with Gasteiger partial charge in [0.05, 0.1) is 43.8 Å². The third-order valence-corrected chi connectivity index (χ3v) is 10.4. The van der Waals surface area contributed by atoms with Gasteiger partial charge in [-0.25, -0.2) is 0 Å². The summed E-state index contributed by atoms with van der Waals surface area (Å²) in [4.78, 5) is 51.2. The number of morpholine rings is 1. The van der Waals surface area contributed by atoms with E-state index in [4.69, 9.17) is 9.47 Å². The van der Waals surface area contributed by atoms with E-state index in [1.165, 1.54) is 0 Å². The highest BCUT2D eigenvalue weighted by Crippen LogP contribution is 2.59. The second kappa shape index (κ2) is 14.6. The predicted molar refractivity (Wildman–Crippen MR) is 171 cm³/mol. The van der Waals surface area contributed by atoms with Crippen molar-refractivity contribution >= 4 is 17.7 Å². The zero-order valence-corrected chi connectivity index (χ0v) is 26.9. The number of hydrogen-bond donors (Lipinski definition) is 1. The zero-order valence-electron chi connectivity index (χ0n) is 26.9. The molecule has 4 aliphatic heterocycles. The van der Waals surface area contributed by atoms with Gasteiger partial charge in [0.25, 0.3) is 0 Å². The molecule has 5 rings (SSSR count). The van der Waals surface area contributed by atoms with Crippen LogP contribution >= 0.6 is 0 Å². The molecule has 3 amide bonds. The molecule has 0 aliphatic carbocycles. The number of rotatable bonds is 15. The van der Waals surface area contributed by atoms with Crippen LogP contribution in [0.3, 0.4) is 0 Å². The maximum Gasteiger partial charge on any atom is 0.248 e. The summed E-state index contributed by atoms with van der Waals surface area (Å²) in [7, 11) is 0. The molecule has 1 aromatic rings. The monoisotopic (exact) mass is 622 g/mol. The second-order valence-corrected chi connectivity index (χ2v) is 13.0. The van der Waals surface area contributed by atoms with Crippen LogP contribution in [0, 0.1) is 17.8 Å². The molecular formula is C35H50N4O6. The van der Waals surface area contributed by atoms with Crippen LogP contribution < -0.4 is 0 Å². The van der Waals surface area contributed by atoms with Crippen LogP contribution in [0.5, 0.6) is 0 Å². The number of hydrogen-bond acceptors (Lipinski definition) is 7. The highest BCUT2D eigenvalue weighted by molar-refractivity contribution is 5.99. The second-order valence-electron chi connectivity index (χ2n) is 13.0. The van der Waals surface area contributed by atoms with E-state index < -0.39 is 35.6 Å². The Bertz CT molecular complexity index is 1220. The van der Waals surface area contributed by atoms with Crippen molar-refractivity contribution in [3.05, 3.63) is 61.2 Å². The van der Waals surface area contributed by atoms with Gasteiger partial charge < -0.3 is 29.3 Å². The normalized spacial score (nSPS) is 28.9. The van der Waals surface area contributed by atoms with E-state index in [9.17, 15) is 19.5 Å². The van der Waals surface area contributed by atoms with Gasteiger partial charge in [0.2, 0.25) is 17.7 Å². The van der Waals surface area contributed by atoms with Crippen LogP contribution in [0.25, 0.3) is 0 Å². The number of fused-ring (bicyclic) bond motifs is 1. The molecule has 10 nitrogen and oxygen atoms in total. The predicted octanol–water partition coefficient (Wildman–Crippen LogP) is 2.33.